The van der Waals surface area contributed by atoms with Gasteiger partial charge in [0.25, 0.3) is 0 Å². The van der Waals surface area contributed by atoms with Crippen molar-refractivity contribution in [2.75, 3.05) is 25.4 Å². The molecule has 9 heteroatoms. The van der Waals surface area contributed by atoms with E-state index in [1.54, 1.807) is 4.31 Å². The van der Waals surface area contributed by atoms with Crippen LogP contribution in [0, 0.1) is 25.6 Å². The van der Waals surface area contributed by atoms with E-state index >= 15 is 4.39 Å². The molecule has 7 nitrogen and oxygen atoms in total. The Morgan fingerprint density at radius 2 is 1.81 bits per heavy atom. The molecule has 0 amide bonds. The van der Waals surface area contributed by atoms with Crippen molar-refractivity contribution in [3.63, 3.8) is 0 Å². The maximum Gasteiger partial charge on any atom is 0.307 e. The van der Waals surface area contributed by atoms with E-state index in [9.17, 15) is 18.3 Å². The number of rotatable bonds is 10. The predicted molar refractivity (Wildman–Crippen MR) is 158 cm³/mol. The van der Waals surface area contributed by atoms with Crippen molar-refractivity contribution in [2.45, 2.75) is 58.0 Å². The average Bonchev–Trinajstić information content (AvgIpc) is 3.53. The molecule has 42 heavy (non-hydrogen) atoms. The molecule has 3 aromatic rings. The summed E-state index contributed by atoms with van der Waals surface area (Å²) >= 11 is 0. The molecule has 0 radical (unpaired) electrons. The number of aryl methyl sites for hydroxylation is 2. The summed E-state index contributed by atoms with van der Waals surface area (Å²) in [4.78, 5) is 11.2. The van der Waals surface area contributed by atoms with Crippen LogP contribution in [0.2, 0.25) is 0 Å². The molecule has 6 rings (SSSR count). The van der Waals surface area contributed by atoms with Gasteiger partial charge in [-0.1, -0.05) is 18.2 Å². The van der Waals surface area contributed by atoms with Gasteiger partial charge in [-0.3, -0.25) is 4.79 Å². The Hall–Kier alpha value is -3.43. The minimum Gasteiger partial charge on any atom is -0.494 e. The van der Waals surface area contributed by atoms with Crippen LogP contribution in [0.15, 0.2) is 48.5 Å². The fourth-order valence-corrected chi connectivity index (χ4v) is 8.19. The van der Waals surface area contributed by atoms with Gasteiger partial charge in [-0.05, 0) is 116 Å². The fourth-order valence-electron chi connectivity index (χ4n) is 6.62. The molecule has 3 atom stereocenters. The Kier molecular flexibility index (Phi) is 7.74. The van der Waals surface area contributed by atoms with E-state index in [4.69, 9.17) is 9.47 Å². The van der Waals surface area contributed by atoms with Gasteiger partial charge in [-0.15, -0.1) is 0 Å². The van der Waals surface area contributed by atoms with Crippen molar-refractivity contribution in [2.24, 2.45) is 5.92 Å². The lowest BCUT2D eigenvalue weighted by Gasteiger charge is -2.19. The average molecular weight is 594 g/mol. The number of benzene rings is 3. The number of hydrogen-bond acceptors (Lipinski definition) is 5. The van der Waals surface area contributed by atoms with Crippen LogP contribution in [-0.4, -0.2) is 49.2 Å². The minimum absolute atomic E-state index is 0.0563. The quantitative estimate of drug-likeness (QED) is 0.283. The number of hydrogen-bond donors (Lipinski definition) is 1. The molecule has 1 saturated heterocycles. The highest BCUT2D eigenvalue weighted by atomic mass is 32.2. The summed E-state index contributed by atoms with van der Waals surface area (Å²) in [6.45, 7) is 5.54. The van der Waals surface area contributed by atoms with E-state index in [1.807, 2.05) is 56.3 Å². The summed E-state index contributed by atoms with van der Waals surface area (Å²) in [6, 6.07) is 14.9. The van der Waals surface area contributed by atoms with Crippen LogP contribution >= 0.6 is 0 Å². The Morgan fingerprint density at radius 3 is 2.45 bits per heavy atom. The molecule has 2 fully saturated rings. The van der Waals surface area contributed by atoms with E-state index in [-0.39, 0.29) is 23.4 Å². The van der Waals surface area contributed by atoms with E-state index in [0.717, 1.165) is 39.1 Å². The van der Waals surface area contributed by atoms with Gasteiger partial charge in [0.2, 0.25) is 10.0 Å². The van der Waals surface area contributed by atoms with Gasteiger partial charge in [0.1, 0.15) is 23.4 Å². The van der Waals surface area contributed by atoms with Gasteiger partial charge in [0, 0.05) is 18.7 Å². The maximum atomic E-state index is 15.2. The summed E-state index contributed by atoms with van der Waals surface area (Å²) in [5.41, 5.74) is 6.67. The second-order valence-corrected chi connectivity index (χ2v) is 13.8. The molecule has 1 saturated carbocycles. The van der Waals surface area contributed by atoms with E-state index in [0.29, 0.717) is 63.1 Å². The second-order valence-electron chi connectivity index (χ2n) is 11.7. The number of carbonyl (C=O) groups is 1. The van der Waals surface area contributed by atoms with Crippen molar-refractivity contribution in [3.05, 3.63) is 82.2 Å². The zero-order valence-electron chi connectivity index (χ0n) is 23.9. The highest BCUT2D eigenvalue weighted by molar-refractivity contribution is 7.89. The Labute approximate surface area is 246 Å². The lowest BCUT2D eigenvalue weighted by Crippen LogP contribution is -2.27. The van der Waals surface area contributed by atoms with E-state index in [2.05, 4.69) is 0 Å². The topological polar surface area (TPSA) is 93.1 Å². The van der Waals surface area contributed by atoms with Gasteiger partial charge < -0.3 is 14.6 Å². The number of sulfonamides is 1. The SMILES string of the molecule is Cc1cc(OCCCN2CCCS2(=O)=O)cc(C)c1-c1ccc(F)c2c1CC[C@H]2Oc1ccc([C@H]2C[C@@H]2C(=O)O)cc1. The lowest BCUT2D eigenvalue weighted by molar-refractivity contribution is -0.138. The normalized spacial score (nSPS) is 22.6. The smallest absolute Gasteiger partial charge is 0.307 e. The number of ether oxygens (including phenoxy) is 2. The molecule has 2 aliphatic carbocycles. The van der Waals surface area contributed by atoms with Gasteiger partial charge >= 0.3 is 5.97 Å². The minimum atomic E-state index is -3.09. The number of halogens is 1. The molecule has 3 aromatic carbocycles. The summed E-state index contributed by atoms with van der Waals surface area (Å²) < 4.78 is 53.1. The third-order valence-corrected chi connectivity index (χ3v) is 10.7. The lowest BCUT2D eigenvalue weighted by atomic mass is 9.90. The standard InChI is InChI=1S/C33H36FNO6S/c1-20-17-24(40-15-3-13-35-14-4-16-42(35,38)39)18-21(2)31(20)25-9-11-29(34)32-26(25)10-12-30(32)41-23-7-5-22(6-8-23)27-19-28(27)33(36)37/h5-9,11,17-18,27-28,30H,3-4,10,12-16,19H2,1-2H3,(H,36,37)/t27-,28+,30-/m1/s1. The summed E-state index contributed by atoms with van der Waals surface area (Å²) in [6.07, 6.45) is 2.94. The first-order chi connectivity index (χ1) is 20.1. The maximum absolute atomic E-state index is 15.2. The molecule has 222 valence electrons. The number of nitrogens with zero attached hydrogens (tertiary/aromatic N) is 1. The van der Waals surface area contributed by atoms with Crippen LogP contribution in [-0.2, 0) is 21.2 Å². The van der Waals surface area contributed by atoms with Crippen LogP contribution in [0.1, 0.15) is 65.5 Å². The monoisotopic (exact) mass is 593 g/mol. The third kappa shape index (κ3) is 5.64. The molecule has 1 N–H and O–H groups in total. The summed E-state index contributed by atoms with van der Waals surface area (Å²) in [5.74, 6) is 0.338. The van der Waals surface area contributed by atoms with Crippen molar-refractivity contribution in [3.8, 4) is 22.6 Å². The number of carboxylic acids is 1. The number of carboxylic acid groups (broad SMARTS) is 1. The van der Waals surface area contributed by atoms with Crippen LogP contribution in [0.4, 0.5) is 4.39 Å². The van der Waals surface area contributed by atoms with Gasteiger partial charge in [0.15, 0.2) is 0 Å². The zero-order valence-corrected chi connectivity index (χ0v) is 24.8. The predicted octanol–water partition coefficient (Wildman–Crippen LogP) is 6.17. The van der Waals surface area contributed by atoms with Gasteiger partial charge in [0.05, 0.1) is 18.3 Å². The van der Waals surface area contributed by atoms with Crippen molar-refractivity contribution in [1.29, 1.82) is 0 Å². The fraction of sp³-hybridized carbons (Fsp3) is 0.424. The number of fused-ring (bicyclic) bond motifs is 1. The van der Waals surface area contributed by atoms with E-state index in [1.165, 1.54) is 6.07 Å². The summed E-state index contributed by atoms with van der Waals surface area (Å²) in [5, 5.41) is 9.21. The molecule has 0 spiro atoms. The van der Waals surface area contributed by atoms with Crippen molar-refractivity contribution < 1.29 is 32.2 Å². The number of aliphatic carboxylic acids is 1. The van der Waals surface area contributed by atoms with Gasteiger partial charge in [-0.2, -0.15) is 0 Å². The zero-order chi connectivity index (χ0) is 29.6. The first-order valence-corrected chi connectivity index (χ1v) is 16.3. The molecule has 1 aliphatic heterocycles. The van der Waals surface area contributed by atoms with Crippen LogP contribution in [0.25, 0.3) is 11.1 Å². The summed E-state index contributed by atoms with van der Waals surface area (Å²) in [7, 11) is -3.09. The highest BCUT2D eigenvalue weighted by Crippen LogP contribution is 2.48. The van der Waals surface area contributed by atoms with Crippen molar-refractivity contribution in [1.82, 2.24) is 4.31 Å². The Balaban J connectivity index is 1.15. The van der Waals surface area contributed by atoms with Crippen LogP contribution in [0.5, 0.6) is 11.5 Å². The molecular formula is C33H36FNO6S. The molecule has 0 aromatic heterocycles. The molecule has 0 unspecified atom stereocenters. The van der Waals surface area contributed by atoms with Crippen LogP contribution < -0.4 is 9.47 Å². The largest absolute Gasteiger partial charge is 0.494 e. The van der Waals surface area contributed by atoms with Crippen LogP contribution in [0.3, 0.4) is 0 Å². The van der Waals surface area contributed by atoms with Crippen molar-refractivity contribution >= 4 is 16.0 Å². The third-order valence-electron chi connectivity index (χ3n) is 8.78. The first kappa shape index (κ1) is 28.7. The second kappa shape index (κ2) is 11.3. The molecule has 1 heterocycles. The molecule has 3 aliphatic rings. The highest BCUT2D eigenvalue weighted by Gasteiger charge is 2.44. The van der Waals surface area contributed by atoms with E-state index < -0.39 is 22.1 Å². The Morgan fingerprint density at radius 1 is 1.07 bits per heavy atom. The Bertz CT molecular complexity index is 1600. The first-order valence-electron chi connectivity index (χ1n) is 14.7. The van der Waals surface area contributed by atoms with Gasteiger partial charge in [-0.25, -0.2) is 17.1 Å². The molecular weight excluding hydrogens is 557 g/mol. The molecule has 0 bridgehead atoms.